The van der Waals surface area contributed by atoms with E-state index in [4.69, 9.17) is 4.74 Å². The maximum atomic E-state index is 12.6. The average molecular weight is 437 g/mol. The van der Waals surface area contributed by atoms with Crippen LogP contribution >= 0.6 is 11.3 Å². The van der Waals surface area contributed by atoms with E-state index in [9.17, 15) is 13.2 Å². The minimum absolute atomic E-state index is 0.000803. The average Bonchev–Trinajstić information content (AvgIpc) is 3.29. The lowest BCUT2D eigenvalue weighted by atomic mass is 9.94. The second-order valence-electron chi connectivity index (χ2n) is 7.16. The molecule has 1 amide bonds. The number of anilines is 1. The Balaban J connectivity index is 1.59. The summed E-state index contributed by atoms with van der Waals surface area (Å²) in [6.45, 7) is 2.69. The molecule has 1 aliphatic carbocycles. The third-order valence-corrected chi connectivity index (χ3v) is 8.51. The largest absolute Gasteiger partial charge is 0.484 e. The van der Waals surface area contributed by atoms with Gasteiger partial charge in [0.1, 0.15) is 9.96 Å². The second kappa shape index (κ2) is 9.63. The Morgan fingerprint density at radius 2 is 1.83 bits per heavy atom. The first kappa shape index (κ1) is 21.6. The molecule has 0 bridgehead atoms. The monoisotopic (exact) mass is 436 g/mol. The van der Waals surface area contributed by atoms with Gasteiger partial charge in [-0.2, -0.15) is 0 Å². The Morgan fingerprint density at radius 1 is 1.14 bits per heavy atom. The molecule has 29 heavy (non-hydrogen) atoms. The van der Waals surface area contributed by atoms with Crippen LogP contribution in [-0.4, -0.2) is 45.5 Å². The summed E-state index contributed by atoms with van der Waals surface area (Å²) in [5.41, 5.74) is 0.537. The minimum atomic E-state index is -3.56. The first-order chi connectivity index (χ1) is 13.9. The molecule has 0 radical (unpaired) electrons. The van der Waals surface area contributed by atoms with E-state index < -0.39 is 10.0 Å². The van der Waals surface area contributed by atoms with E-state index in [1.54, 1.807) is 41.8 Å². The topological polar surface area (TPSA) is 66.9 Å². The van der Waals surface area contributed by atoms with E-state index in [1.807, 2.05) is 11.8 Å². The molecule has 1 heterocycles. The zero-order chi connectivity index (χ0) is 20.9. The molecule has 1 fully saturated rings. The van der Waals surface area contributed by atoms with Crippen molar-refractivity contribution in [3.05, 3.63) is 41.8 Å². The fraction of sp³-hybridized carbons (Fsp3) is 0.476. The Labute approximate surface area is 177 Å². The van der Waals surface area contributed by atoms with Gasteiger partial charge < -0.3 is 9.64 Å². The standard InChI is InChI=1S/C21H28N2O4S2/c1-3-23(18-8-5-4-6-9-18)20(24)16-27-19-13-11-17(12-14-19)22(2)29(25,26)21-10-7-15-28-21/h7,10-15,18H,3-6,8-9,16H2,1-2H3. The van der Waals surface area contributed by atoms with Gasteiger partial charge in [-0.1, -0.05) is 25.3 Å². The summed E-state index contributed by atoms with van der Waals surface area (Å²) in [6, 6.07) is 10.4. The quantitative estimate of drug-likeness (QED) is 0.624. The fourth-order valence-electron chi connectivity index (χ4n) is 3.70. The van der Waals surface area contributed by atoms with Gasteiger partial charge in [0, 0.05) is 19.6 Å². The first-order valence-corrected chi connectivity index (χ1v) is 12.3. The molecule has 0 saturated heterocycles. The molecule has 1 aliphatic rings. The number of nitrogens with zero attached hydrogens (tertiary/aromatic N) is 2. The highest BCUT2D eigenvalue weighted by atomic mass is 32.2. The third kappa shape index (κ3) is 5.11. The van der Waals surface area contributed by atoms with E-state index in [2.05, 4.69) is 0 Å². The Hall–Kier alpha value is -2.06. The molecule has 0 spiro atoms. The fourth-order valence-corrected chi connectivity index (χ4v) is 6.05. The Kier molecular flexibility index (Phi) is 7.18. The van der Waals surface area contributed by atoms with Gasteiger partial charge in [0.25, 0.3) is 15.9 Å². The highest BCUT2D eigenvalue weighted by Gasteiger charge is 2.25. The number of likely N-dealkylation sites (N-methyl/N-ethyl adjacent to an activating group) is 1. The molecule has 0 atom stereocenters. The Bertz CT molecular complexity index is 889. The van der Waals surface area contributed by atoms with Crippen LogP contribution in [0.15, 0.2) is 46.0 Å². The predicted molar refractivity (Wildman–Crippen MR) is 116 cm³/mol. The van der Waals surface area contributed by atoms with Crippen LogP contribution in [0.5, 0.6) is 5.75 Å². The van der Waals surface area contributed by atoms with Crippen molar-refractivity contribution in [1.82, 2.24) is 4.90 Å². The summed E-state index contributed by atoms with van der Waals surface area (Å²) in [6.07, 6.45) is 5.75. The first-order valence-electron chi connectivity index (χ1n) is 9.98. The normalized spacial score (nSPS) is 15.1. The van der Waals surface area contributed by atoms with Gasteiger partial charge in [0.05, 0.1) is 5.69 Å². The SMILES string of the molecule is CCN(C(=O)COc1ccc(N(C)S(=O)(=O)c2cccs2)cc1)C1CCCCC1. The summed E-state index contributed by atoms with van der Waals surface area (Å²) in [5.74, 6) is 0.546. The maximum Gasteiger partial charge on any atom is 0.273 e. The van der Waals surface area contributed by atoms with Crippen LogP contribution in [0.25, 0.3) is 0 Å². The minimum Gasteiger partial charge on any atom is -0.484 e. The highest BCUT2D eigenvalue weighted by molar-refractivity contribution is 7.94. The molecule has 8 heteroatoms. The van der Waals surface area contributed by atoms with Crippen LogP contribution in [0.1, 0.15) is 39.0 Å². The van der Waals surface area contributed by atoms with Crippen molar-refractivity contribution in [2.75, 3.05) is 24.5 Å². The number of carbonyl (C=O) groups is 1. The van der Waals surface area contributed by atoms with Crippen molar-refractivity contribution in [3.8, 4) is 5.75 Å². The smallest absolute Gasteiger partial charge is 0.273 e. The molecule has 2 aromatic rings. The van der Waals surface area contributed by atoms with Crippen LogP contribution in [0.4, 0.5) is 5.69 Å². The van der Waals surface area contributed by atoms with Crippen molar-refractivity contribution in [1.29, 1.82) is 0 Å². The number of hydrogen-bond acceptors (Lipinski definition) is 5. The van der Waals surface area contributed by atoms with Crippen molar-refractivity contribution in [2.45, 2.75) is 49.3 Å². The van der Waals surface area contributed by atoms with E-state index in [1.165, 1.54) is 42.0 Å². The third-order valence-electron chi connectivity index (χ3n) is 5.35. The zero-order valence-electron chi connectivity index (χ0n) is 16.9. The van der Waals surface area contributed by atoms with Crippen molar-refractivity contribution >= 4 is 33.0 Å². The number of thiophene rings is 1. The molecule has 0 aliphatic heterocycles. The maximum absolute atomic E-state index is 12.6. The summed E-state index contributed by atoms with van der Waals surface area (Å²) < 4.78 is 32.4. The van der Waals surface area contributed by atoms with Gasteiger partial charge in [0.2, 0.25) is 0 Å². The molecule has 3 rings (SSSR count). The molecular formula is C21H28N2O4S2. The summed E-state index contributed by atoms with van der Waals surface area (Å²) >= 11 is 1.19. The second-order valence-corrected chi connectivity index (χ2v) is 10.3. The predicted octanol–water partition coefficient (Wildman–Crippen LogP) is 4.13. The molecule has 1 saturated carbocycles. The lowest BCUT2D eigenvalue weighted by Crippen LogP contribution is -2.43. The van der Waals surface area contributed by atoms with Gasteiger partial charge in [-0.15, -0.1) is 11.3 Å². The van der Waals surface area contributed by atoms with Crippen LogP contribution in [0.3, 0.4) is 0 Å². The summed E-state index contributed by atoms with van der Waals surface area (Å²) in [7, 11) is -2.04. The number of hydrogen-bond donors (Lipinski definition) is 0. The zero-order valence-corrected chi connectivity index (χ0v) is 18.5. The van der Waals surface area contributed by atoms with Crippen molar-refractivity contribution < 1.29 is 17.9 Å². The number of amides is 1. The molecule has 158 valence electrons. The van der Waals surface area contributed by atoms with E-state index in [0.29, 0.717) is 28.2 Å². The van der Waals surface area contributed by atoms with Crippen LogP contribution in [0.2, 0.25) is 0 Å². The molecule has 1 aromatic carbocycles. The number of rotatable bonds is 8. The number of benzene rings is 1. The molecular weight excluding hydrogens is 408 g/mol. The van der Waals surface area contributed by atoms with Crippen molar-refractivity contribution in [2.24, 2.45) is 0 Å². The van der Waals surface area contributed by atoms with Crippen LogP contribution in [0, 0.1) is 0 Å². The highest BCUT2D eigenvalue weighted by Crippen LogP contribution is 2.27. The van der Waals surface area contributed by atoms with E-state index in [0.717, 1.165) is 12.8 Å². The van der Waals surface area contributed by atoms with Gasteiger partial charge >= 0.3 is 0 Å². The molecule has 0 N–H and O–H groups in total. The molecule has 1 aromatic heterocycles. The summed E-state index contributed by atoms with van der Waals surface area (Å²) in [5, 5.41) is 1.74. The van der Waals surface area contributed by atoms with E-state index in [-0.39, 0.29) is 12.5 Å². The molecule has 0 unspecified atom stereocenters. The summed E-state index contributed by atoms with van der Waals surface area (Å²) in [4.78, 5) is 14.5. The number of carbonyl (C=O) groups excluding carboxylic acids is 1. The van der Waals surface area contributed by atoms with Gasteiger partial charge in [-0.25, -0.2) is 8.42 Å². The van der Waals surface area contributed by atoms with Gasteiger partial charge in [0.15, 0.2) is 6.61 Å². The van der Waals surface area contributed by atoms with E-state index >= 15 is 0 Å². The van der Waals surface area contributed by atoms with Crippen LogP contribution < -0.4 is 9.04 Å². The van der Waals surface area contributed by atoms with Gasteiger partial charge in [-0.05, 0) is 55.5 Å². The van der Waals surface area contributed by atoms with Crippen molar-refractivity contribution in [3.63, 3.8) is 0 Å². The lowest BCUT2D eigenvalue weighted by molar-refractivity contribution is -0.136. The molecule has 6 nitrogen and oxygen atoms in total. The Morgan fingerprint density at radius 3 is 2.41 bits per heavy atom. The van der Waals surface area contributed by atoms with Crippen LogP contribution in [-0.2, 0) is 14.8 Å². The number of sulfonamides is 1. The lowest BCUT2D eigenvalue weighted by Gasteiger charge is -2.33. The number of ether oxygens (including phenoxy) is 1. The van der Waals surface area contributed by atoms with Gasteiger partial charge in [-0.3, -0.25) is 9.10 Å².